The Labute approximate surface area is 167 Å². The Balaban J connectivity index is 1.66. The molecular weight excluding hydrogens is 356 g/mol. The number of rotatable bonds is 8. The average Bonchev–Trinajstić information content (AvgIpc) is 3.01. The molecule has 1 unspecified atom stereocenters. The molecule has 2 saturated carbocycles. The predicted molar refractivity (Wildman–Crippen MR) is 108 cm³/mol. The van der Waals surface area contributed by atoms with E-state index in [1.54, 1.807) is 0 Å². The molecule has 154 valence electrons. The summed E-state index contributed by atoms with van der Waals surface area (Å²) in [5.74, 6) is -0.460. The molecule has 2 bridgehead atoms. The number of allylic oxidation sites excluding steroid dienone is 1. The van der Waals surface area contributed by atoms with Crippen LogP contribution >= 0.6 is 0 Å². The number of aliphatic hydroxyl groups is 1. The van der Waals surface area contributed by atoms with Gasteiger partial charge >= 0.3 is 0 Å². The quantitative estimate of drug-likeness (QED) is 0.545. The van der Waals surface area contributed by atoms with Crippen molar-refractivity contribution in [3.8, 4) is 0 Å². The minimum Gasteiger partial charge on any atom is -0.391 e. The van der Waals surface area contributed by atoms with Gasteiger partial charge in [-0.05, 0) is 47.0 Å². The van der Waals surface area contributed by atoms with Crippen LogP contribution in [0.1, 0.15) is 44.7 Å². The highest BCUT2D eigenvalue weighted by molar-refractivity contribution is 6.07. The van der Waals surface area contributed by atoms with Crippen molar-refractivity contribution in [2.45, 2.75) is 46.0 Å². The van der Waals surface area contributed by atoms with E-state index in [9.17, 15) is 9.90 Å². The lowest BCUT2D eigenvalue weighted by Gasteiger charge is -2.31. The molecule has 1 N–H and O–H groups in total. The van der Waals surface area contributed by atoms with Crippen LogP contribution in [0.3, 0.4) is 0 Å². The van der Waals surface area contributed by atoms with E-state index in [4.69, 9.17) is 14.2 Å². The number of aliphatic hydroxyl groups excluding tert-OH is 1. The molecule has 5 nitrogen and oxygen atoms in total. The number of hydrogen-bond donors (Lipinski definition) is 1. The zero-order valence-electron chi connectivity index (χ0n) is 17.6. The van der Waals surface area contributed by atoms with Gasteiger partial charge in [0.1, 0.15) is 6.61 Å². The van der Waals surface area contributed by atoms with E-state index in [2.05, 4.69) is 26.8 Å². The summed E-state index contributed by atoms with van der Waals surface area (Å²) < 4.78 is 16.0. The second-order valence-electron chi connectivity index (χ2n) is 8.79. The van der Waals surface area contributed by atoms with E-state index >= 15 is 0 Å². The summed E-state index contributed by atoms with van der Waals surface area (Å²) in [6.45, 7) is 6.83. The third kappa shape index (κ3) is 3.35. The van der Waals surface area contributed by atoms with E-state index in [1.165, 1.54) is 14.2 Å². The predicted octanol–water partition coefficient (Wildman–Crippen LogP) is 3.59. The summed E-state index contributed by atoms with van der Waals surface area (Å²) in [6.07, 6.45) is 4.16. The van der Waals surface area contributed by atoms with Gasteiger partial charge in [-0.1, -0.05) is 45.0 Å². The number of benzene rings is 1. The van der Waals surface area contributed by atoms with Crippen molar-refractivity contribution >= 4 is 11.9 Å². The van der Waals surface area contributed by atoms with Crippen molar-refractivity contribution in [1.29, 1.82) is 0 Å². The third-order valence-electron chi connectivity index (χ3n) is 7.24. The van der Waals surface area contributed by atoms with Crippen molar-refractivity contribution in [2.75, 3.05) is 27.4 Å². The largest absolute Gasteiger partial charge is 0.391 e. The smallest absolute Gasteiger partial charge is 0.215 e. The molecule has 5 heteroatoms. The van der Waals surface area contributed by atoms with Gasteiger partial charge in [-0.15, -0.1) is 0 Å². The molecule has 28 heavy (non-hydrogen) atoms. The van der Waals surface area contributed by atoms with Crippen molar-refractivity contribution in [2.24, 2.45) is 16.7 Å². The minimum atomic E-state index is -1.13. The first-order chi connectivity index (χ1) is 13.2. The number of carbonyl (C=O) groups is 1. The van der Waals surface area contributed by atoms with Crippen LogP contribution in [0, 0.1) is 16.7 Å². The normalized spacial score (nSPS) is 27.7. The highest BCUT2D eigenvalue weighted by Crippen LogP contribution is 2.65. The van der Waals surface area contributed by atoms with Gasteiger partial charge in [0.25, 0.3) is 0 Å². The zero-order chi connectivity index (χ0) is 20.6. The zero-order valence-corrected chi connectivity index (χ0v) is 17.6. The van der Waals surface area contributed by atoms with E-state index in [-0.39, 0.29) is 24.0 Å². The molecule has 2 atom stereocenters. The molecule has 1 aromatic rings. The Morgan fingerprint density at radius 3 is 2.32 bits per heavy atom. The highest BCUT2D eigenvalue weighted by Gasteiger charge is 2.63. The second-order valence-corrected chi connectivity index (χ2v) is 8.79. The number of Topliss-reactive ketones (excluding diaryl/α,β-unsaturated/α-hetero) is 1. The van der Waals surface area contributed by atoms with Crippen molar-refractivity contribution < 1.29 is 24.1 Å². The number of ether oxygens (including phenoxy) is 3. The molecule has 2 fully saturated rings. The summed E-state index contributed by atoms with van der Waals surface area (Å²) in [7, 11) is 2.95. The van der Waals surface area contributed by atoms with Crippen LogP contribution in [0.5, 0.6) is 0 Å². The summed E-state index contributed by atoms with van der Waals surface area (Å²) in [5, 5.41) is 9.40. The molecule has 0 spiro atoms. The Morgan fingerprint density at radius 2 is 1.82 bits per heavy atom. The number of fused-ring (bicyclic) bond motifs is 2. The van der Waals surface area contributed by atoms with Gasteiger partial charge < -0.3 is 19.3 Å². The van der Waals surface area contributed by atoms with Gasteiger partial charge in [-0.25, -0.2) is 0 Å². The fourth-order valence-electron chi connectivity index (χ4n) is 4.68. The molecule has 0 saturated heterocycles. The summed E-state index contributed by atoms with van der Waals surface area (Å²) in [5.41, 5.74) is 2.84. The third-order valence-corrected chi connectivity index (χ3v) is 7.24. The first-order valence-electron chi connectivity index (χ1n) is 9.87. The molecule has 0 amide bonds. The van der Waals surface area contributed by atoms with E-state index in [0.717, 1.165) is 29.5 Å². The fraction of sp³-hybridized carbons (Fsp3) is 0.609. The van der Waals surface area contributed by atoms with Crippen LogP contribution < -0.4 is 0 Å². The second kappa shape index (κ2) is 7.71. The average molecular weight is 389 g/mol. The molecule has 3 rings (SSSR count). The van der Waals surface area contributed by atoms with E-state index in [0.29, 0.717) is 18.3 Å². The van der Waals surface area contributed by atoms with Gasteiger partial charge in [0.2, 0.25) is 5.79 Å². The Morgan fingerprint density at radius 1 is 1.18 bits per heavy atom. The number of carbonyl (C=O) groups excluding carboxylic acids is 1. The van der Waals surface area contributed by atoms with Gasteiger partial charge in [0.05, 0.1) is 13.2 Å². The maximum atomic E-state index is 13.0. The Kier molecular flexibility index (Phi) is 5.84. The highest BCUT2D eigenvalue weighted by atomic mass is 16.7. The van der Waals surface area contributed by atoms with Gasteiger partial charge in [0, 0.05) is 19.6 Å². The van der Waals surface area contributed by atoms with Crippen LogP contribution in [-0.2, 0) is 25.6 Å². The monoisotopic (exact) mass is 388 g/mol. The van der Waals surface area contributed by atoms with Crippen LogP contribution in [0.2, 0.25) is 0 Å². The van der Waals surface area contributed by atoms with Gasteiger partial charge in [-0.2, -0.15) is 0 Å². The standard InChI is InChI=1S/C23H32O5/c1-21(2)19-10-11-22(21,3)20(25)18(19)12-16-6-8-17(9-7-16)13-28-15-23(14-24,26-4)27-5/h6-9,12,19,24H,10-11,13-15H2,1-5H3/b18-12-/t19?,22-/m1/s1. The fourth-order valence-corrected chi connectivity index (χ4v) is 4.68. The molecular formula is C23H32O5. The minimum absolute atomic E-state index is 0.0333. The first-order valence-corrected chi connectivity index (χ1v) is 9.87. The molecule has 0 heterocycles. The molecule has 0 aromatic heterocycles. The number of hydrogen-bond acceptors (Lipinski definition) is 5. The number of ketones is 1. The van der Waals surface area contributed by atoms with Crippen LogP contribution in [0.4, 0.5) is 0 Å². The SMILES string of the molecule is COC(CO)(COCc1ccc(/C=C2\C(=O)[C@@]3(C)CCC2C3(C)C)cc1)OC. The lowest BCUT2D eigenvalue weighted by Crippen LogP contribution is -2.42. The van der Waals surface area contributed by atoms with Crippen LogP contribution in [0.15, 0.2) is 29.8 Å². The van der Waals surface area contributed by atoms with Crippen molar-refractivity contribution in [3.63, 3.8) is 0 Å². The number of methoxy groups -OCH3 is 2. The van der Waals surface area contributed by atoms with Crippen LogP contribution in [0.25, 0.3) is 6.08 Å². The van der Waals surface area contributed by atoms with Crippen molar-refractivity contribution in [1.82, 2.24) is 0 Å². The molecule has 0 radical (unpaired) electrons. The maximum absolute atomic E-state index is 13.0. The molecule has 1 aromatic carbocycles. The van der Waals surface area contributed by atoms with Crippen molar-refractivity contribution in [3.05, 3.63) is 41.0 Å². The van der Waals surface area contributed by atoms with Gasteiger partial charge in [0.15, 0.2) is 5.78 Å². The topological polar surface area (TPSA) is 65.0 Å². The Bertz CT molecular complexity index is 736. The molecule has 0 aliphatic heterocycles. The molecule has 2 aliphatic carbocycles. The van der Waals surface area contributed by atoms with E-state index < -0.39 is 5.79 Å². The van der Waals surface area contributed by atoms with Gasteiger partial charge in [-0.3, -0.25) is 4.79 Å². The summed E-state index contributed by atoms with van der Waals surface area (Å²) in [6, 6.07) is 8.03. The summed E-state index contributed by atoms with van der Waals surface area (Å²) in [4.78, 5) is 13.0. The maximum Gasteiger partial charge on any atom is 0.215 e. The first kappa shape index (κ1) is 21.2. The summed E-state index contributed by atoms with van der Waals surface area (Å²) >= 11 is 0. The van der Waals surface area contributed by atoms with Crippen LogP contribution in [-0.4, -0.2) is 44.1 Å². The lowest BCUT2D eigenvalue weighted by atomic mass is 9.70. The molecule has 2 aliphatic rings. The Hall–Kier alpha value is -1.53. The van der Waals surface area contributed by atoms with E-state index in [1.807, 2.05) is 24.3 Å². The lowest BCUT2D eigenvalue weighted by molar-refractivity contribution is -0.253.